The highest BCUT2D eigenvalue weighted by atomic mass is 16.5. The fourth-order valence-corrected chi connectivity index (χ4v) is 1.90. The van der Waals surface area contributed by atoms with Gasteiger partial charge in [-0.15, -0.1) is 0 Å². The Bertz CT molecular complexity index is 147. The SMILES string of the molecule is CN(CC1CCCO1)CC(C)(C)N. The average molecular weight is 186 g/mol. The summed E-state index contributed by atoms with van der Waals surface area (Å²) in [5, 5.41) is 0. The molecule has 0 saturated carbocycles. The third-order valence-corrected chi connectivity index (χ3v) is 2.22. The summed E-state index contributed by atoms with van der Waals surface area (Å²) in [6.07, 6.45) is 2.85. The van der Waals surface area contributed by atoms with Gasteiger partial charge in [-0.25, -0.2) is 0 Å². The highest BCUT2D eigenvalue weighted by molar-refractivity contribution is 4.78. The standard InChI is InChI=1S/C10H22N2O/c1-10(2,11)8-12(3)7-9-5-4-6-13-9/h9H,4-8,11H2,1-3H3. The number of nitrogens with zero attached hydrogens (tertiary/aromatic N) is 1. The van der Waals surface area contributed by atoms with Gasteiger partial charge in [-0.1, -0.05) is 0 Å². The minimum atomic E-state index is -0.104. The molecule has 2 N–H and O–H groups in total. The first-order chi connectivity index (χ1) is 5.97. The summed E-state index contributed by atoms with van der Waals surface area (Å²) in [6, 6.07) is 0. The Morgan fingerprint density at radius 1 is 1.54 bits per heavy atom. The van der Waals surface area contributed by atoms with Crippen LogP contribution in [-0.4, -0.2) is 43.3 Å². The monoisotopic (exact) mass is 186 g/mol. The molecule has 1 heterocycles. The van der Waals surface area contributed by atoms with Crippen LogP contribution in [-0.2, 0) is 4.74 Å². The smallest absolute Gasteiger partial charge is 0.0702 e. The molecule has 0 radical (unpaired) electrons. The van der Waals surface area contributed by atoms with Crippen LogP contribution < -0.4 is 5.73 Å². The van der Waals surface area contributed by atoms with Crippen LogP contribution in [0.3, 0.4) is 0 Å². The fourth-order valence-electron chi connectivity index (χ4n) is 1.90. The number of ether oxygens (including phenoxy) is 1. The summed E-state index contributed by atoms with van der Waals surface area (Å²) in [4.78, 5) is 2.26. The fraction of sp³-hybridized carbons (Fsp3) is 1.00. The van der Waals surface area contributed by atoms with E-state index in [1.807, 2.05) is 0 Å². The maximum Gasteiger partial charge on any atom is 0.0702 e. The molecular formula is C10H22N2O. The van der Waals surface area contributed by atoms with Crippen LogP contribution in [0.2, 0.25) is 0 Å². The molecule has 0 aliphatic carbocycles. The zero-order valence-corrected chi connectivity index (χ0v) is 9.05. The number of hydrogen-bond donors (Lipinski definition) is 1. The van der Waals surface area contributed by atoms with E-state index in [0.717, 1.165) is 19.7 Å². The van der Waals surface area contributed by atoms with Crippen molar-refractivity contribution in [2.45, 2.75) is 38.3 Å². The van der Waals surface area contributed by atoms with Crippen molar-refractivity contribution in [1.82, 2.24) is 4.90 Å². The first-order valence-corrected chi connectivity index (χ1v) is 5.06. The molecule has 1 unspecified atom stereocenters. The van der Waals surface area contributed by atoms with Crippen molar-refractivity contribution in [3.8, 4) is 0 Å². The predicted molar refractivity (Wildman–Crippen MR) is 54.7 cm³/mol. The maximum absolute atomic E-state index is 5.93. The topological polar surface area (TPSA) is 38.5 Å². The van der Waals surface area contributed by atoms with E-state index >= 15 is 0 Å². The maximum atomic E-state index is 5.93. The van der Waals surface area contributed by atoms with E-state index in [2.05, 4.69) is 25.8 Å². The molecule has 0 aromatic rings. The molecule has 1 aliphatic heterocycles. The summed E-state index contributed by atoms with van der Waals surface area (Å²) in [7, 11) is 2.11. The number of nitrogens with two attached hydrogens (primary N) is 1. The lowest BCUT2D eigenvalue weighted by Gasteiger charge is -2.28. The third kappa shape index (κ3) is 4.60. The van der Waals surface area contributed by atoms with E-state index in [0.29, 0.717) is 6.10 Å². The van der Waals surface area contributed by atoms with E-state index in [9.17, 15) is 0 Å². The van der Waals surface area contributed by atoms with Crippen molar-refractivity contribution in [2.75, 3.05) is 26.7 Å². The van der Waals surface area contributed by atoms with E-state index in [4.69, 9.17) is 10.5 Å². The zero-order valence-electron chi connectivity index (χ0n) is 9.05. The van der Waals surface area contributed by atoms with Crippen LogP contribution in [0.5, 0.6) is 0 Å². The molecule has 0 bridgehead atoms. The van der Waals surface area contributed by atoms with Crippen molar-refractivity contribution in [2.24, 2.45) is 5.73 Å². The molecule has 3 nitrogen and oxygen atoms in total. The summed E-state index contributed by atoms with van der Waals surface area (Å²) in [5.74, 6) is 0. The van der Waals surface area contributed by atoms with Gasteiger partial charge >= 0.3 is 0 Å². The van der Waals surface area contributed by atoms with Crippen LogP contribution >= 0.6 is 0 Å². The van der Waals surface area contributed by atoms with Gasteiger partial charge in [0.15, 0.2) is 0 Å². The van der Waals surface area contributed by atoms with Crippen molar-refractivity contribution < 1.29 is 4.74 Å². The molecule has 1 atom stereocenters. The highest BCUT2D eigenvalue weighted by Crippen LogP contribution is 2.13. The molecule has 0 aromatic heterocycles. The Balaban J connectivity index is 2.20. The zero-order chi connectivity index (χ0) is 9.90. The molecule has 1 saturated heterocycles. The van der Waals surface area contributed by atoms with Gasteiger partial charge in [0.1, 0.15) is 0 Å². The van der Waals surface area contributed by atoms with Crippen molar-refractivity contribution in [3.05, 3.63) is 0 Å². The summed E-state index contributed by atoms with van der Waals surface area (Å²) in [5.41, 5.74) is 5.82. The van der Waals surface area contributed by atoms with Gasteiger partial charge < -0.3 is 15.4 Å². The van der Waals surface area contributed by atoms with Gasteiger partial charge in [0.05, 0.1) is 6.10 Å². The molecule has 0 amide bonds. The Hall–Kier alpha value is -0.120. The predicted octanol–water partition coefficient (Wildman–Crippen LogP) is 0.834. The number of rotatable bonds is 4. The third-order valence-electron chi connectivity index (χ3n) is 2.22. The van der Waals surface area contributed by atoms with Crippen LogP contribution in [0.4, 0.5) is 0 Å². The second-order valence-electron chi connectivity index (χ2n) is 4.82. The molecule has 0 aromatic carbocycles. The van der Waals surface area contributed by atoms with Gasteiger partial charge in [0, 0.05) is 25.2 Å². The lowest BCUT2D eigenvalue weighted by atomic mass is 10.1. The molecule has 1 fully saturated rings. The lowest BCUT2D eigenvalue weighted by Crippen LogP contribution is -2.45. The van der Waals surface area contributed by atoms with Crippen LogP contribution in [0, 0.1) is 0 Å². The Labute approximate surface area is 81.2 Å². The summed E-state index contributed by atoms with van der Waals surface area (Å²) < 4.78 is 5.56. The van der Waals surface area contributed by atoms with Crippen LogP contribution in [0.1, 0.15) is 26.7 Å². The molecular weight excluding hydrogens is 164 g/mol. The average Bonchev–Trinajstić information content (AvgIpc) is 2.34. The first-order valence-electron chi connectivity index (χ1n) is 5.06. The van der Waals surface area contributed by atoms with Gasteiger partial charge in [0.2, 0.25) is 0 Å². The second kappa shape index (κ2) is 4.40. The molecule has 13 heavy (non-hydrogen) atoms. The van der Waals surface area contributed by atoms with Gasteiger partial charge in [-0.05, 0) is 33.7 Å². The normalized spacial score (nSPS) is 24.2. The van der Waals surface area contributed by atoms with Crippen molar-refractivity contribution in [1.29, 1.82) is 0 Å². The van der Waals surface area contributed by atoms with Crippen LogP contribution in [0.25, 0.3) is 0 Å². The molecule has 0 spiro atoms. The summed E-state index contributed by atoms with van der Waals surface area (Å²) in [6.45, 7) is 6.98. The lowest BCUT2D eigenvalue weighted by molar-refractivity contribution is 0.0764. The Morgan fingerprint density at radius 3 is 2.69 bits per heavy atom. The molecule has 3 heteroatoms. The van der Waals surface area contributed by atoms with E-state index in [-0.39, 0.29) is 5.54 Å². The minimum Gasteiger partial charge on any atom is -0.377 e. The molecule has 1 aliphatic rings. The first kappa shape index (κ1) is 11.0. The van der Waals surface area contributed by atoms with E-state index in [1.54, 1.807) is 0 Å². The second-order valence-corrected chi connectivity index (χ2v) is 4.82. The van der Waals surface area contributed by atoms with Crippen LogP contribution in [0.15, 0.2) is 0 Å². The Kier molecular flexibility index (Phi) is 3.71. The molecule has 1 rings (SSSR count). The largest absolute Gasteiger partial charge is 0.377 e. The number of hydrogen-bond acceptors (Lipinski definition) is 3. The highest BCUT2D eigenvalue weighted by Gasteiger charge is 2.20. The van der Waals surface area contributed by atoms with Crippen molar-refractivity contribution >= 4 is 0 Å². The van der Waals surface area contributed by atoms with Crippen molar-refractivity contribution in [3.63, 3.8) is 0 Å². The van der Waals surface area contributed by atoms with E-state index < -0.39 is 0 Å². The summed E-state index contributed by atoms with van der Waals surface area (Å²) >= 11 is 0. The quantitative estimate of drug-likeness (QED) is 0.707. The van der Waals surface area contributed by atoms with E-state index in [1.165, 1.54) is 12.8 Å². The number of likely N-dealkylation sites (N-methyl/N-ethyl adjacent to an activating group) is 1. The Morgan fingerprint density at radius 2 is 2.23 bits per heavy atom. The van der Waals surface area contributed by atoms with Gasteiger partial charge in [-0.2, -0.15) is 0 Å². The minimum absolute atomic E-state index is 0.104. The molecule has 78 valence electrons. The van der Waals surface area contributed by atoms with Gasteiger partial charge in [0.25, 0.3) is 0 Å². The van der Waals surface area contributed by atoms with Gasteiger partial charge in [-0.3, -0.25) is 0 Å².